The predicted molar refractivity (Wildman–Crippen MR) is 98.4 cm³/mol. The molecule has 1 aliphatic heterocycles. The summed E-state index contributed by atoms with van der Waals surface area (Å²) in [5, 5.41) is -0.658. The molecule has 0 saturated carbocycles. The number of halogens is 1. The van der Waals surface area contributed by atoms with E-state index in [2.05, 4.69) is 15.9 Å². The summed E-state index contributed by atoms with van der Waals surface area (Å²) in [7, 11) is -7.06. The molecule has 1 aliphatic rings. The number of benzene rings is 1. The first kappa shape index (κ1) is 18.1. The quantitative estimate of drug-likeness (QED) is 0.721. The van der Waals surface area contributed by atoms with Crippen LogP contribution in [-0.4, -0.2) is 40.0 Å². The molecular weight excluding hydrogens is 434 g/mol. The maximum atomic E-state index is 12.7. The van der Waals surface area contributed by atoms with Gasteiger partial charge in [0.1, 0.15) is 4.21 Å². The summed E-state index contributed by atoms with van der Waals surface area (Å²) in [5.74, 6) is -0.168. The summed E-state index contributed by atoms with van der Waals surface area (Å²) in [5.41, 5.74) is 0.718. The van der Waals surface area contributed by atoms with Gasteiger partial charge in [-0.25, -0.2) is 16.8 Å². The zero-order valence-corrected chi connectivity index (χ0v) is 16.7. The maximum Gasteiger partial charge on any atom is 0.252 e. The van der Waals surface area contributed by atoms with Crippen LogP contribution in [-0.2, 0) is 19.9 Å². The molecule has 2 heterocycles. The van der Waals surface area contributed by atoms with Gasteiger partial charge in [-0.15, -0.1) is 11.3 Å². The van der Waals surface area contributed by atoms with Crippen LogP contribution in [0.15, 0.2) is 50.5 Å². The molecule has 0 bridgehead atoms. The molecular formula is C15H16BrNO4S3. The molecule has 2 aromatic rings. The number of thiophene rings is 1. The first-order chi connectivity index (χ1) is 11.3. The Kier molecular flexibility index (Phi) is 5.17. The van der Waals surface area contributed by atoms with Crippen LogP contribution >= 0.6 is 27.3 Å². The second-order valence-corrected chi connectivity index (χ2v) is 12.4. The van der Waals surface area contributed by atoms with Crippen molar-refractivity contribution in [3.05, 3.63) is 51.8 Å². The van der Waals surface area contributed by atoms with Gasteiger partial charge in [0.05, 0.1) is 14.8 Å². The number of hydrogen-bond acceptors (Lipinski definition) is 5. The van der Waals surface area contributed by atoms with E-state index in [1.165, 1.54) is 10.4 Å². The number of sulfone groups is 1. The van der Waals surface area contributed by atoms with Gasteiger partial charge in [-0.1, -0.05) is 30.3 Å². The van der Waals surface area contributed by atoms with Gasteiger partial charge in [-0.05, 0) is 40.0 Å². The largest absolute Gasteiger partial charge is 0.252 e. The molecule has 1 aromatic heterocycles. The standard InChI is InChI=1S/C15H16BrNO4S3/c16-14-6-7-15(22-14)24(20,21)17-9-8-13(23(18,19)11-10-17)12-4-2-1-3-5-12/h1-7,13H,8-11H2. The van der Waals surface area contributed by atoms with Crippen LogP contribution in [0.1, 0.15) is 17.2 Å². The van der Waals surface area contributed by atoms with Crippen molar-refractivity contribution in [2.24, 2.45) is 0 Å². The molecule has 9 heteroatoms. The highest BCUT2D eigenvalue weighted by atomic mass is 79.9. The smallest absolute Gasteiger partial charge is 0.228 e. The van der Waals surface area contributed by atoms with Crippen molar-refractivity contribution in [1.29, 1.82) is 0 Å². The summed E-state index contributed by atoms with van der Waals surface area (Å²) in [6.45, 7) is 0.181. The van der Waals surface area contributed by atoms with Crippen LogP contribution in [0.5, 0.6) is 0 Å². The van der Waals surface area contributed by atoms with Crippen LogP contribution in [0.3, 0.4) is 0 Å². The highest BCUT2D eigenvalue weighted by molar-refractivity contribution is 9.11. The van der Waals surface area contributed by atoms with E-state index >= 15 is 0 Å². The van der Waals surface area contributed by atoms with E-state index in [1.807, 2.05) is 6.07 Å². The Labute approximate surface area is 154 Å². The van der Waals surface area contributed by atoms with Gasteiger partial charge < -0.3 is 0 Å². The van der Waals surface area contributed by atoms with E-state index < -0.39 is 25.1 Å². The number of nitrogens with zero attached hydrogens (tertiary/aromatic N) is 1. The molecule has 1 atom stereocenters. The molecule has 0 N–H and O–H groups in total. The van der Waals surface area contributed by atoms with Crippen molar-refractivity contribution < 1.29 is 16.8 Å². The lowest BCUT2D eigenvalue weighted by Crippen LogP contribution is -2.33. The zero-order valence-electron chi connectivity index (χ0n) is 12.6. The second-order valence-electron chi connectivity index (χ2n) is 5.52. The minimum Gasteiger partial charge on any atom is -0.228 e. The fourth-order valence-corrected chi connectivity index (χ4v) is 8.30. The lowest BCUT2D eigenvalue weighted by molar-refractivity contribution is 0.429. The van der Waals surface area contributed by atoms with Crippen LogP contribution in [0, 0.1) is 0 Å². The monoisotopic (exact) mass is 449 g/mol. The van der Waals surface area contributed by atoms with E-state index in [-0.39, 0.29) is 29.5 Å². The summed E-state index contributed by atoms with van der Waals surface area (Å²) in [6, 6.07) is 12.2. The summed E-state index contributed by atoms with van der Waals surface area (Å²) < 4.78 is 52.9. The second kappa shape index (κ2) is 6.87. The predicted octanol–water partition coefficient (Wildman–Crippen LogP) is 3.06. The van der Waals surface area contributed by atoms with E-state index in [4.69, 9.17) is 0 Å². The van der Waals surface area contributed by atoms with Crippen LogP contribution in [0.4, 0.5) is 0 Å². The number of sulfonamides is 1. The highest BCUT2D eigenvalue weighted by Gasteiger charge is 2.36. The molecule has 1 unspecified atom stereocenters. The van der Waals surface area contributed by atoms with Crippen LogP contribution in [0.2, 0.25) is 0 Å². The minimum atomic E-state index is -3.66. The Morgan fingerprint density at radius 2 is 1.79 bits per heavy atom. The Hall–Kier alpha value is -0.740. The maximum absolute atomic E-state index is 12.7. The molecule has 1 saturated heterocycles. The topological polar surface area (TPSA) is 71.5 Å². The van der Waals surface area contributed by atoms with E-state index in [9.17, 15) is 16.8 Å². The van der Waals surface area contributed by atoms with Gasteiger partial charge in [0.25, 0.3) is 10.0 Å². The normalized spacial score (nSPS) is 22.1. The average molecular weight is 450 g/mol. The lowest BCUT2D eigenvalue weighted by atomic mass is 10.1. The highest BCUT2D eigenvalue weighted by Crippen LogP contribution is 2.33. The first-order valence-electron chi connectivity index (χ1n) is 7.33. The molecule has 130 valence electrons. The van der Waals surface area contributed by atoms with Crippen molar-refractivity contribution in [3.8, 4) is 0 Å². The van der Waals surface area contributed by atoms with Gasteiger partial charge in [0.2, 0.25) is 0 Å². The Balaban J connectivity index is 1.89. The molecule has 5 nitrogen and oxygen atoms in total. The molecule has 0 amide bonds. The van der Waals surface area contributed by atoms with Crippen LogP contribution in [0.25, 0.3) is 0 Å². The third-order valence-electron chi connectivity index (χ3n) is 4.01. The fourth-order valence-electron chi connectivity index (χ4n) is 2.77. The fraction of sp³-hybridized carbons (Fsp3) is 0.333. The van der Waals surface area contributed by atoms with Crippen molar-refractivity contribution in [2.75, 3.05) is 18.8 Å². The average Bonchev–Trinajstić information content (AvgIpc) is 2.91. The summed E-state index contributed by atoms with van der Waals surface area (Å²) in [6.07, 6.45) is 0.262. The number of rotatable bonds is 3. The molecule has 24 heavy (non-hydrogen) atoms. The molecule has 0 radical (unpaired) electrons. The van der Waals surface area contributed by atoms with Crippen molar-refractivity contribution in [3.63, 3.8) is 0 Å². The van der Waals surface area contributed by atoms with Crippen molar-refractivity contribution in [2.45, 2.75) is 15.9 Å². The zero-order chi connectivity index (χ0) is 17.4. The Bertz CT molecular complexity index is 923. The van der Waals surface area contributed by atoms with Crippen molar-refractivity contribution in [1.82, 2.24) is 4.31 Å². The van der Waals surface area contributed by atoms with Gasteiger partial charge in [-0.3, -0.25) is 0 Å². The van der Waals surface area contributed by atoms with E-state index in [0.29, 0.717) is 0 Å². The van der Waals surface area contributed by atoms with Crippen LogP contribution < -0.4 is 0 Å². The molecule has 0 spiro atoms. The third kappa shape index (κ3) is 3.60. The third-order valence-corrected chi connectivity index (χ3v) is 10.1. The van der Waals surface area contributed by atoms with Gasteiger partial charge >= 0.3 is 0 Å². The molecule has 1 fully saturated rings. The summed E-state index contributed by atoms with van der Waals surface area (Å²) in [4.78, 5) is 0. The van der Waals surface area contributed by atoms with Gasteiger partial charge in [0.15, 0.2) is 9.84 Å². The SMILES string of the molecule is O=S1(=O)CCN(S(=O)(=O)c2ccc(Br)s2)CCC1c1ccccc1. The minimum absolute atomic E-state index is 0.0104. The Morgan fingerprint density at radius 3 is 2.42 bits per heavy atom. The Morgan fingerprint density at radius 1 is 1.08 bits per heavy atom. The molecule has 3 rings (SSSR count). The molecule has 1 aromatic carbocycles. The lowest BCUT2D eigenvalue weighted by Gasteiger charge is -2.18. The van der Waals surface area contributed by atoms with Gasteiger partial charge in [-0.2, -0.15) is 4.31 Å². The first-order valence-corrected chi connectivity index (χ1v) is 12.1. The van der Waals surface area contributed by atoms with Gasteiger partial charge in [0, 0.05) is 13.1 Å². The van der Waals surface area contributed by atoms with E-state index in [1.54, 1.807) is 30.3 Å². The molecule has 0 aliphatic carbocycles. The van der Waals surface area contributed by atoms with Crippen molar-refractivity contribution >= 4 is 47.1 Å². The summed E-state index contributed by atoms with van der Waals surface area (Å²) >= 11 is 4.39. The number of hydrogen-bond donors (Lipinski definition) is 0. The van der Waals surface area contributed by atoms with E-state index in [0.717, 1.165) is 20.7 Å².